The quantitative estimate of drug-likeness (QED) is 0.298. The first kappa shape index (κ1) is 14.2. The largest absolute Gasteiger partial charge is 0.508 e. The number of amides is 2. The molecular formula is C9H16N2O5. The summed E-state index contributed by atoms with van der Waals surface area (Å²) in [5.41, 5.74) is 0. The van der Waals surface area contributed by atoms with Crippen LogP contribution in [0.25, 0.3) is 0 Å². The van der Waals surface area contributed by atoms with Crippen molar-refractivity contribution >= 4 is 19.0 Å². The van der Waals surface area contributed by atoms with Gasteiger partial charge in [0.05, 0.1) is 13.2 Å². The average Bonchev–Trinajstić information content (AvgIpc) is 2.28. The van der Waals surface area contributed by atoms with Crippen LogP contribution < -0.4 is 10.6 Å². The molecule has 0 saturated heterocycles. The Labute approximate surface area is 93.5 Å². The second-order valence-corrected chi connectivity index (χ2v) is 2.80. The lowest BCUT2D eigenvalue weighted by atomic mass is 10.4. The zero-order valence-corrected chi connectivity index (χ0v) is 8.94. The van der Waals surface area contributed by atoms with Crippen LogP contribution in [0.3, 0.4) is 0 Å². The highest BCUT2D eigenvalue weighted by Crippen LogP contribution is 1.89. The Hall–Kier alpha value is -1.79. The van der Waals surface area contributed by atoms with Crippen molar-refractivity contribution in [3.8, 4) is 0 Å². The van der Waals surface area contributed by atoms with Crippen LogP contribution in [0, 0.1) is 0 Å². The first-order valence-electron chi connectivity index (χ1n) is 4.95. The lowest BCUT2D eigenvalue weighted by Gasteiger charge is -2.05. The van der Waals surface area contributed by atoms with Crippen molar-refractivity contribution in [2.45, 2.75) is 12.8 Å². The maximum Gasteiger partial charge on any atom is 0.508 e. The summed E-state index contributed by atoms with van der Waals surface area (Å²) >= 11 is 0. The second kappa shape index (κ2) is 11.3. The van der Waals surface area contributed by atoms with Crippen molar-refractivity contribution in [1.29, 1.82) is 0 Å². The molecule has 0 atom stereocenters. The van der Waals surface area contributed by atoms with Crippen LogP contribution in [0.2, 0.25) is 0 Å². The lowest BCUT2D eigenvalue weighted by Crippen LogP contribution is -2.18. The number of hydrogen-bond donors (Lipinski definition) is 2. The molecule has 0 aromatic heterocycles. The van der Waals surface area contributed by atoms with Gasteiger partial charge in [-0.25, -0.2) is 4.79 Å². The summed E-state index contributed by atoms with van der Waals surface area (Å²) < 4.78 is 9.38. The second-order valence-electron chi connectivity index (χ2n) is 2.80. The summed E-state index contributed by atoms with van der Waals surface area (Å²) in [4.78, 5) is 30.6. The Morgan fingerprint density at radius 1 is 0.938 bits per heavy atom. The summed E-state index contributed by atoms with van der Waals surface area (Å²) in [5, 5.41) is 4.87. The van der Waals surface area contributed by atoms with E-state index < -0.39 is 6.16 Å². The van der Waals surface area contributed by atoms with Crippen molar-refractivity contribution in [1.82, 2.24) is 10.6 Å². The van der Waals surface area contributed by atoms with Gasteiger partial charge in [0.15, 0.2) is 0 Å². The number of hydrogen-bond acceptors (Lipinski definition) is 5. The van der Waals surface area contributed by atoms with E-state index in [1.165, 1.54) is 0 Å². The fraction of sp³-hybridized carbons (Fsp3) is 0.667. The molecule has 0 rings (SSSR count). The van der Waals surface area contributed by atoms with Gasteiger partial charge >= 0.3 is 6.16 Å². The van der Waals surface area contributed by atoms with Crippen molar-refractivity contribution in [2.75, 3.05) is 26.3 Å². The van der Waals surface area contributed by atoms with Gasteiger partial charge in [-0.3, -0.25) is 9.59 Å². The van der Waals surface area contributed by atoms with Crippen LogP contribution in [0.4, 0.5) is 4.79 Å². The third-order valence-corrected chi connectivity index (χ3v) is 1.54. The Morgan fingerprint density at radius 3 is 1.75 bits per heavy atom. The Bertz CT molecular complexity index is 190. The summed E-state index contributed by atoms with van der Waals surface area (Å²) in [6.07, 6.45) is 1.51. The topological polar surface area (TPSA) is 93.7 Å². The number of ether oxygens (including phenoxy) is 2. The predicted molar refractivity (Wildman–Crippen MR) is 54.7 cm³/mol. The lowest BCUT2D eigenvalue weighted by molar-refractivity contribution is -0.110. The highest BCUT2D eigenvalue weighted by atomic mass is 16.7. The third-order valence-electron chi connectivity index (χ3n) is 1.54. The molecule has 0 aromatic carbocycles. The molecule has 0 bridgehead atoms. The van der Waals surface area contributed by atoms with Gasteiger partial charge in [-0.1, -0.05) is 0 Å². The monoisotopic (exact) mass is 232 g/mol. The normalized spacial score (nSPS) is 9.00. The minimum atomic E-state index is -0.739. The molecule has 0 spiro atoms. The molecule has 0 radical (unpaired) electrons. The Balaban J connectivity index is 3.18. The van der Waals surface area contributed by atoms with E-state index in [0.29, 0.717) is 38.8 Å². The first-order chi connectivity index (χ1) is 7.81. The number of carbonyl (C=O) groups excluding carboxylic acids is 3. The van der Waals surface area contributed by atoms with Gasteiger partial charge in [-0.2, -0.15) is 0 Å². The highest BCUT2D eigenvalue weighted by Gasteiger charge is 2.02. The molecule has 0 aliphatic rings. The Morgan fingerprint density at radius 2 is 1.38 bits per heavy atom. The minimum absolute atomic E-state index is 0.201. The maximum absolute atomic E-state index is 10.9. The first-order valence-corrected chi connectivity index (χ1v) is 4.95. The average molecular weight is 232 g/mol. The summed E-state index contributed by atoms with van der Waals surface area (Å²) in [7, 11) is 0. The minimum Gasteiger partial charge on any atom is -0.434 e. The van der Waals surface area contributed by atoms with E-state index >= 15 is 0 Å². The van der Waals surface area contributed by atoms with E-state index in [-0.39, 0.29) is 13.2 Å². The van der Waals surface area contributed by atoms with Gasteiger partial charge in [-0.15, -0.1) is 0 Å². The molecule has 2 N–H and O–H groups in total. The zero-order valence-electron chi connectivity index (χ0n) is 8.94. The molecule has 2 amide bonds. The van der Waals surface area contributed by atoms with E-state index in [0.717, 1.165) is 0 Å². The van der Waals surface area contributed by atoms with E-state index in [1.807, 2.05) is 0 Å². The molecule has 0 saturated carbocycles. The van der Waals surface area contributed by atoms with Crippen molar-refractivity contribution in [3.05, 3.63) is 0 Å². The van der Waals surface area contributed by atoms with Crippen LogP contribution in [0.15, 0.2) is 0 Å². The molecular weight excluding hydrogens is 216 g/mol. The molecule has 0 unspecified atom stereocenters. The summed E-state index contributed by atoms with van der Waals surface area (Å²) in [6.45, 7) is 1.32. The Kier molecular flexibility index (Phi) is 10.0. The molecule has 0 fully saturated rings. The van der Waals surface area contributed by atoms with Crippen LogP contribution in [0.1, 0.15) is 12.8 Å². The van der Waals surface area contributed by atoms with Crippen LogP contribution in [-0.4, -0.2) is 45.3 Å². The molecule has 92 valence electrons. The SMILES string of the molecule is O=CNCCCOC(=O)OCCCNC=O. The standard InChI is InChI=1S/C9H16N2O5/c12-7-10-3-1-5-15-9(14)16-6-2-4-11-8-13/h7-8H,1-6H2,(H,10,12)(H,11,13). The smallest absolute Gasteiger partial charge is 0.434 e. The molecule has 7 heteroatoms. The maximum atomic E-state index is 10.9. The third kappa shape index (κ3) is 10.3. The summed E-state index contributed by atoms with van der Waals surface area (Å²) in [6, 6.07) is 0. The highest BCUT2D eigenvalue weighted by molar-refractivity contribution is 5.59. The number of carbonyl (C=O) groups is 3. The molecule has 0 heterocycles. The van der Waals surface area contributed by atoms with Gasteiger partial charge < -0.3 is 20.1 Å². The zero-order chi connectivity index (χ0) is 12.1. The van der Waals surface area contributed by atoms with Crippen molar-refractivity contribution in [2.24, 2.45) is 0 Å². The fourth-order valence-electron chi connectivity index (χ4n) is 0.819. The molecule has 16 heavy (non-hydrogen) atoms. The fourth-order valence-corrected chi connectivity index (χ4v) is 0.819. The molecule has 0 aromatic rings. The molecule has 0 aliphatic carbocycles. The molecule has 7 nitrogen and oxygen atoms in total. The molecule has 0 aliphatic heterocycles. The van der Waals surface area contributed by atoms with E-state index in [2.05, 4.69) is 20.1 Å². The predicted octanol–water partition coefficient (Wildman–Crippen LogP) is -0.588. The van der Waals surface area contributed by atoms with Crippen molar-refractivity contribution < 1.29 is 23.9 Å². The van der Waals surface area contributed by atoms with Gasteiger partial charge in [0, 0.05) is 13.1 Å². The van der Waals surface area contributed by atoms with E-state index in [9.17, 15) is 14.4 Å². The van der Waals surface area contributed by atoms with Crippen LogP contribution in [0.5, 0.6) is 0 Å². The van der Waals surface area contributed by atoms with E-state index in [4.69, 9.17) is 0 Å². The van der Waals surface area contributed by atoms with Gasteiger partial charge in [0.25, 0.3) is 0 Å². The van der Waals surface area contributed by atoms with Crippen molar-refractivity contribution in [3.63, 3.8) is 0 Å². The van der Waals surface area contributed by atoms with Crippen LogP contribution in [-0.2, 0) is 19.1 Å². The number of rotatable bonds is 10. The summed E-state index contributed by atoms with van der Waals surface area (Å²) in [5.74, 6) is 0. The number of nitrogens with one attached hydrogen (secondary N) is 2. The van der Waals surface area contributed by atoms with Gasteiger partial charge in [0.1, 0.15) is 0 Å². The van der Waals surface area contributed by atoms with Gasteiger partial charge in [0.2, 0.25) is 12.8 Å². The van der Waals surface area contributed by atoms with E-state index in [1.54, 1.807) is 0 Å². The van der Waals surface area contributed by atoms with Gasteiger partial charge in [-0.05, 0) is 12.8 Å². The van der Waals surface area contributed by atoms with Crippen LogP contribution >= 0.6 is 0 Å².